The lowest BCUT2D eigenvalue weighted by Gasteiger charge is -2.26. The lowest BCUT2D eigenvalue weighted by molar-refractivity contribution is -0.870. The van der Waals surface area contributed by atoms with Crippen LogP contribution in [0, 0.1) is 0 Å². The Balaban J connectivity index is 4.10. The maximum absolute atomic E-state index is 12.9. The minimum Gasteiger partial charge on any atom is -0.545 e. The minimum atomic E-state index is -1.62. The molecule has 0 saturated carbocycles. The molecule has 0 aliphatic rings. The van der Waals surface area contributed by atoms with E-state index in [-0.39, 0.29) is 38.6 Å². The topological polar surface area (TPSA) is 111 Å². The highest BCUT2D eigenvalue weighted by atomic mass is 16.7. The van der Waals surface area contributed by atoms with Crippen molar-refractivity contribution in [1.29, 1.82) is 0 Å². The molecule has 460 valence electrons. The zero-order chi connectivity index (χ0) is 57.6. The van der Waals surface area contributed by atoms with Gasteiger partial charge in [0, 0.05) is 12.8 Å². The molecule has 0 saturated heterocycles. The summed E-state index contributed by atoms with van der Waals surface area (Å²) in [7, 11) is 5.93. The van der Waals surface area contributed by atoms with E-state index in [1.54, 1.807) is 0 Å². The van der Waals surface area contributed by atoms with Crippen molar-refractivity contribution >= 4 is 17.9 Å². The van der Waals surface area contributed by atoms with Gasteiger partial charge in [0.2, 0.25) is 0 Å². The van der Waals surface area contributed by atoms with E-state index in [0.29, 0.717) is 17.4 Å². The number of hydrogen-bond donors (Lipinski definition) is 0. The maximum atomic E-state index is 12.9. The Bertz CT molecular complexity index is 1480. The Morgan fingerprint density at radius 1 is 0.380 bits per heavy atom. The lowest BCUT2D eigenvalue weighted by Crippen LogP contribution is -2.44. The van der Waals surface area contributed by atoms with Crippen LogP contribution in [0.5, 0.6) is 0 Å². The predicted octanol–water partition coefficient (Wildman–Crippen LogP) is 19.0. The number of quaternary nitrogens is 1. The first kappa shape index (κ1) is 76.0. The number of unbranched alkanes of at least 4 members (excludes halogenated alkanes) is 37. The summed E-state index contributed by atoms with van der Waals surface area (Å²) in [6, 6.07) is 0. The molecule has 0 aliphatic carbocycles. The summed E-state index contributed by atoms with van der Waals surface area (Å²) in [5, 5.41) is 11.8. The summed E-state index contributed by atoms with van der Waals surface area (Å²) in [6.45, 7) is 4.76. The van der Waals surface area contributed by atoms with Crippen molar-refractivity contribution in [3.8, 4) is 0 Å². The normalized spacial score (nSPS) is 13.1. The second kappa shape index (κ2) is 61.1. The molecule has 79 heavy (non-hydrogen) atoms. The summed E-state index contributed by atoms with van der Waals surface area (Å²) in [6.07, 6.45) is 75.8. The Labute approximate surface area is 488 Å². The Morgan fingerprint density at radius 3 is 1.01 bits per heavy atom. The molecule has 0 bridgehead atoms. The van der Waals surface area contributed by atoms with Crippen LogP contribution in [-0.2, 0) is 33.3 Å². The molecule has 0 aromatic rings. The molecule has 0 aromatic carbocycles. The summed E-state index contributed by atoms with van der Waals surface area (Å²) in [4.78, 5) is 37.4. The van der Waals surface area contributed by atoms with Gasteiger partial charge in [-0.2, -0.15) is 0 Å². The van der Waals surface area contributed by atoms with Crippen molar-refractivity contribution in [2.75, 3.05) is 47.5 Å². The summed E-state index contributed by atoms with van der Waals surface area (Å²) >= 11 is 0. The van der Waals surface area contributed by atoms with E-state index in [2.05, 4.69) is 74.6 Å². The van der Waals surface area contributed by atoms with Gasteiger partial charge in [0.25, 0.3) is 0 Å². The quantitative estimate of drug-likeness (QED) is 0.0195. The highest BCUT2D eigenvalue weighted by Gasteiger charge is 2.22. The first-order chi connectivity index (χ1) is 38.6. The van der Waals surface area contributed by atoms with Gasteiger partial charge in [-0.15, -0.1) is 0 Å². The summed E-state index contributed by atoms with van der Waals surface area (Å²) in [5.41, 5.74) is 0. The van der Waals surface area contributed by atoms with Crippen molar-refractivity contribution in [1.82, 2.24) is 0 Å². The number of esters is 2. The summed E-state index contributed by atoms with van der Waals surface area (Å²) in [5.74, 6) is -2.27. The number of likely N-dealkylation sites (N-methyl/N-ethyl adjacent to an activating group) is 1. The second-order valence-electron chi connectivity index (χ2n) is 23.8. The van der Waals surface area contributed by atoms with Gasteiger partial charge in [0.15, 0.2) is 12.4 Å². The molecule has 0 heterocycles. The van der Waals surface area contributed by atoms with Gasteiger partial charge in [0.1, 0.15) is 13.2 Å². The van der Waals surface area contributed by atoms with E-state index in [1.165, 1.54) is 225 Å². The Morgan fingerprint density at radius 2 is 0.684 bits per heavy atom. The molecule has 0 spiro atoms. The molecular formula is C70H127NO8. The van der Waals surface area contributed by atoms with Crippen molar-refractivity contribution in [3.05, 3.63) is 60.8 Å². The maximum Gasteiger partial charge on any atom is 0.306 e. The third kappa shape index (κ3) is 62.4. The molecular weight excluding hydrogens is 983 g/mol. The number of hydrogen-bond acceptors (Lipinski definition) is 8. The molecule has 0 radical (unpaired) electrons. The number of carbonyl (C=O) groups excluding carboxylic acids is 3. The first-order valence-corrected chi connectivity index (χ1v) is 33.4. The van der Waals surface area contributed by atoms with Gasteiger partial charge >= 0.3 is 11.9 Å². The predicted molar refractivity (Wildman–Crippen MR) is 334 cm³/mol. The number of carbonyl (C=O) groups is 3. The van der Waals surface area contributed by atoms with Gasteiger partial charge in [-0.25, -0.2) is 0 Å². The van der Waals surface area contributed by atoms with Crippen LogP contribution in [-0.4, -0.2) is 82.3 Å². The minimum absolute atomic E-state index is 0.147. The van der Waals surface area contributed by atoms with Gasteiger partial charge in [-0.1, -0.05) is 274 Å². The summed E-state index contributed by atoms with van der Waals surface area (Å²) < 4.78 is 22.8. The monoisotopic (exact) mass is 1110 g/mol. The van der Waals surface area contributed by atoms with Crippen molar-refractivity contribution in [3.63, 3.8) is 0 Å². The van der Waals surface area contributed by atoms with Crippen LogP contribution < -0.4 is 5.11 Å². The number of carboxylic acids is 1. The number of ether oxygens (including phenoxy) is 4. The Kier molecular flexibility index (Phi) is 58.7. The molecule has 0 fully saturated rings. The van der Waals surface area contributed by atoms with Crippen LogP contribution in [0.4, 0.5) is 0 Å². The van der Waals surface area contributed by atoms with Gasteiger partial charge in [-0.3, -0.25) is 9.59 Å². The first-order valence-electron chi connectivity index (χ1n) is 33.4. The average molecular weight is 1110 g/mol. The second-order valence-corrected chi connectivity index (χ2v) is 23.8. The van der Waals surface area contributed by atoms with Crippen LogP contribution in [0.15, 0.2) is 60.8 Å². The van der Waals surface area contributed by atoms with E-state index >= 15 is 0 Å². The standard InChI is InChI=1S/C70H127NO8/c1-6-8-10-12-14-16-18-20-22-24-26-28-29-30-31-32-33-34-35-36-37-38-39-41-43-45-47-49-51-53-55-57-59-61-68(73)79-66(65-78-70(69(74)75)76-63-62-71(3,4)5)64-77-67(72)60-58-56-54-52-50-48-46-44-42-40-27-25-23-21-19-17-15-13-11-9-7-2/h18-21,24-27,29-30,66,70H,6-17,22-23,28,31-65H2,1-5H3/b20-18-,21-19-,26-24-,27-25-,30-29-. The largest absolute Gasteiger partial charge is 0.545 e. The third-order valence-electron chi connectivity index (χ3n) is 14.7. The molecule has 2 unspecified atom stereocenters. The smallest absolute Gasteiger partial charge is 0.306 e. The van der Waals surface area contributed by atoms with Crippen molar-refractivity contribution < 1.29 is 42.9 Å². The fourth-order valence-corrected chi connectivity index (χ4v) is 9.58. The fraction of sp³-hybridized carbons (Fsp3) is 0.814. The SMILES string of the molecule is CCCCCCC/C=C\C/C=C\C/C=C\CCCCCCCCCCCCCCCCCCCCC(=O)OC(COC(=O)CCCCCCCCCCC/C=C\C/C=C\CCCCCCC)COC(OCC[N+](C)(C)C)C(=O)[O-]. The van der Waals surface area contributed by atoms with E-state index < -0.39 is 24.3 Å². The van der Waals surface area contributed by atoms with E-state index in [1.807, 2.05) is 21.1 Å². The van der Waals surface area contributed by atoms with E-state index in [4.69, 9.17) is 18.9 Å². The van der Waals surface area contributed by atoms with Crippen molar-refractivity contribution in [2.45, 2.75) is 322 Å². The number of carboxylic acid groups (broad SMARTS) is 1. The molecule has 0 N–H and O–H groups in total. The molecule has 9 heteroatoms. The highest BCUT2D eigenvalue weighted by molar-refractivity contribution is 5.70. The number of aliphatic carboxylic acids is 1. The molecule has 2 atom stereocenters. The number of allylic oxidation sites excluding steroid dienone is 10. The molecule has 9 nitrogen and oxygen atoms in total. The van der Waals surface area contributed by atoms with Crippen LogP contribution in [0.3, 0.4) is 0 Å². The highest BCUT2D eigenvalue weighted by Crippen LogP contribution is 2.17. The van der Waals surface area contributed by atoms with Crippen LogP contribution in [0.2, 0.25) is 0 Å². The third-order valence-corrected chi connectivity index (χ3v) is 14.7. The zero-order valence-electron chi connectivity index (χ0n) is 52.5. The van der Waals surface area contributed by atoms with Crippen LogP contribution in [0.25, 0.3) is 0 Å². The average Bonchev–Trinajstić information content (AvgIpc) is 3.42. The lowest BCUT2D eigenvalue weighted by atomic mass is 10.0. The van der Waals surface area contributed by atoms with Crippen LogP contribution >= 0.6 is 0 Å². The Hall–Kier alpha value is -3.01. The molecule has 0 aromatic heterocycles. The van der Waals surface area contributed by atoms with E-state index in [9.17, 15) is 19.5 Å². The zero-order valence-corrected chi connectivity index (χ0v) is 52.5. The van der Waals surface area contributed by atoms with E-state index in [0.717, 1.165) is 51.4 Å². The van der Waals surface area contributed by atoms with Gasteiger partial charge in [0.05, 0.1) is 40.3 Å². The number of rotatable bonds is 62. The van der Waals surface area contributed by atoms with Crippen LogP contribution in [0.1, 0.15) is 309 Å². The fourth-order valence-electron chi connectivity index (χ4n) is 9.58. The van der Waals surface area contributed by atoms with Crippen molar-refractivity contribution in [2.24, 2.45) is 0 Å². The number of nitrogens with zero attached hydrogens (tertiary/aromatic N) is 1. The van der Waals surface area contributed by atoms with Gasteiger partial charge in [-0.05, 0) is 83.5 Å². The molecule has 0 rings (SSSR count). The molecule has 0 amide bonds. The molecule has 0 aliphatic heterocycles. The van der Waals surface area contributed by atoms with Gasteiger partial charge < -0.3 is 33.3 Å².